The Morgan fingerprint density at radius 2 is 1.50 bits per heavy atom. The molecule has 0 aromatic carbocycles. The van der Waals surface area contributed by atoms with Gasteiger partial charge in [0.05, 0.1) is 5.92 Å². The molecular formula is C10H22O5Si. The summed E-state index contributed by atoms with van der Waals surface area (Å²) in [6.45, 7) is 8.61. The van der Waals surface area contributed by atoms with E-state index in [4.69, 9.17) is 18.4 Å². The Hall–Kier alpha value is -0.433. The molecule has 0 aliphatic rings. The van der Waals surface area contributed by atoms with Gasteiger partial charge in [0.25, 0.3) is 0 Å². The first kappa shape index (κ1) is 15.6. The third kappa shape index (κ3) is 5.07. The first-order valence-electron chi connectivity index (χ1n) is 5.66. The van der Waals surface area contributed by atoms with Gasteiger partial charge in [0.15, 0.2) is 0 Å². The van der Waals surface area contributed by atoms with Crippen molar-refractivity contribution in [3.05, 3.63) is 0 Å². The van der Waals surface area contributed by atoms with Crippen molar-refractivity contribution >= 4 is 14.8 Å². The van der Waals surface area contributed by atoms with Crippen LogP contribution in [-0.2, 0) is 18.1 Å². The number of hydrogen-bond donors (Lipinski definition) is 1. The average Bonchev–Trinajstić information content (AvgIpc) is 2.18. The van der Waals surface area contributed by atoms with Crippen LogP contribution in [0.4, 0.5) is 0 Å². The van der Waals surface area contributed by atoms with Crippen LogP contribution in [-0.4, -0.2) is 39.7 Å². The monoisotopic (exact) mass is 250 g/mol. The lowest BCUT2D eigenvalue weighted by atomic mass is 10.2. The summed E-state index contributed by atoms with van der Waals surface area (Å²) in [6, 6.07) is 0.317. The van der Waals surface area contributed by atoms with E-state index in [1.54, 1.807) is 6.92 Å². The Morgan fingerprint density at radius 1 is 1.12 bits per heavy atom. The molecule has 0 spiro atoms. The fourth-order valence-electron chi connectivity index (χ4n) is 1.42. The molecule has 1 unspecified atom stereocenters. The summed E-state index contributed by atoms with van der Waals surface area (Å²) >= 11 is 0. The molecule has 0 bridgehead atoms. The quantitative estimate of drug-likeness (QED) is 0.632. The number of aliphatic carboxylic acids is 1. The van der Waals surface area contributed by atoms with E-state index in [9.17, 15) is 4.79 Å². The summed E-state index contributed by atoms with van der Waals surface area (Å²) in [5.74, 6) is -1.37. The summed E-state index contributed by atoms with van der Waals surface area (Å²) in [5.41, 5.74) is 0. The van der Waals surface area contributed by atoms with Crippen LogP contribution in [0, 0.1) is 5.92 Å². The van der Waals surface area contributed by atoms with E-state index < -0.39 is 20.7 Å². The molecule has 1 atom stereocenters. The highest BCUT2D eigenvalue weighted by molar-refractivity contribution is 6.61. The van der Waals surface area contributed by atoms with Crippen molar-refractivity contribution < 1.29 is 23.2 Å². The maximum absolute atomic E-state index is 10.8. The topological polar surface area (TPSA) is 65.0 Å². The lowest BCUT2D eigenvalue weighted by Crippen LogP contribution is -2.48. The van der Waals surface area contributed by atoms with Gasteiger partial charge in [-0.15, -0.1) is 0 Å². The summed E-state index contributed by atoms with van der Waals surface area (Å²) in [4.78, 5) is 10.8. The van der Waals surface area contributed by atoms with E-state index in [1.165, 1.54) is 0 Å². The number of rotatable bonds is 9. The fraction of sp³-hybridized carbons (Fsp3) is 0.900. The molecule has 6 heteroatoms. The predicted molar refractivity (Wildman–Crippen MR) is 62.2 cm³/mol. The molecule has 16 heavy (non-hydrogen) atoms. The standard InChI is InChI=1S/C10H22O5Si/c1-5-13-16(14-6-2,15-7-3)8-9(4)10(11)12/h9H,5-8H2,1-4H3,(H,11,12). The highest BCUT2D eigenvalue weighted by Crippen LogP contribution is 2.21. The van der Waals surface area contributed by atoms with Crippen molar-refractivity contribution in [1.82, 2.24) is 0 Å². The maximum Gasteiger partial charge on any atom is 0.501 e. The highest BCUT2D eigenvalue weighted by Gasteiger charge is 2.43. The van der Waals surface area contributed by atoms with E-state index in [0.717, 1.165) is 0 Å². The molecule has 0 radical (unpaired) electrons. The third-order valence-electron chi connectivity index (χ3n) is 2.07. The average molecular weight is 250 g/mol. The molecule has 0 aromatic rings. The molecule has 5 nitrogen and oxygen atoms in total. The van der Waals surface area contributed by atoms with E-state index in [2.05, 4.69) is 0 Å². The number of hydrogen-bond acceptors (Lipinski definition) is 4. The van der Waals surface area contributed by atoms with Crippen LogP contribution in [0.15, 0.2) is 0 Å². The third-order valence-corrected chi connectivity index (χ3v) is 5.37. The minimum atomic E-state index is -2.80. The molecule has 0 heterocycles. The van der Waals surface area contributed by atoms with Crippen molar-refractivity contribution in [2.24, 2.45) is 5.92 Å². The van der Waals surface area contributed by atoms with Gasteiger partial charge in [-0.3, -0.25) is 4.79 Å². The Balaban J connectivity index is 4.64. The van der Waals surface area contributed by atoms with Crippen LogP contribution in [0.5, 0.6) is 0 Å². The Kier molecular flexibility index (Phi) is 7.57. The van der Waals surface area contributed by atoms with Crippen LogP contribution >= 0.6 is 0 Å². The molecular weight excluding hydrogens is 228 g/mol. The van der Waals surface area contributed by atoms with E-state index >= 15 is 0 Å². The molecule has 0 rings (SSSR count). The fourth-order valence-corrected chi connectivity index (χ4v) is 4.27. The normalized spacial score (nSPS) is 13.8. The summed E-state index contributed by atoms with van der Waals surface area (Å²) in [7, 11) is -2.80. The molecule has 0 aliphatic heterocycles. The van der Waals surface area contributed by atoms with Crippen molar-refractivity contribution in [3.63, 3.8) is 0 Å². The van der Waals surface area contributed by atoms with Gasteiger partial charge in [0.1, 0.15) is 0 Å². The Labute approximate surface area is 98.1 Å². The second-order valence-corrected chi connectivity index (χ2v) is 6.07. The maximum atomic E-state index is 10.8. The molecule has 0 aliphatic carbocycles. The van der Waals surface area contributed by atoms with Crippen LogP contribution in [0.25, 0.3) is 0 Å². The predicted octanol–water partition coefficient (Wildman–Crippen LogP) is 1.76. The van der Waals surface area contributed by atoms with E-state index in [1.807, 2.05) is 20.8 Å². The van der Waals surface area contributed by atoms with Crippen molar-refractivity contribution in [1.29, 1.82) is 0 Å². The molecule has 0 fully saturated rings. The van der Waals surface area contributed by atoms with Gasteiger partial charge >= 0.3 is 14.8 Å². The second kappa shape index (κ2) is 7.78. The van der Waals surface area contributed by atoms with Gasteiger partial charge in [-0.25, -0.2) is 0 Å². The minimum absolute atomic E-state index is 0.317. The first-order valence-corrected chi connectivity index (χ1v) is 7.59. The van der Waals surface area contributed by atoms with Crippen molar-refractivity contribution in [2.75, 3.05) is 19.8 Å². The lowest BCUT2D eigenvalue weighted by molar-refractivity contribution is -0.140. The van der Waals surface area contributed by atoms with Crippen LogP contribution in [0.2, 0.25) is 6.04 Å². The van der Waals surface area contributed by atoms with Crippen molar-refractivity contribution in [3.8, 4) is 0 Å². The highest BCUT2D eigenvalue weighted by atomic mass is 28.4. The van der Waals surface area contributed by atoms with Gasteiger partial charge in [-0.2, -0.15) is 0 Å². The van der Waals surface area contributed by atoms with Gasteiger partial charge in [0, 0.05) is 25.9 Å². The zero-order chi connectivity index (χ0) is 12.6. The van der Waals surface area contributed by atoms with Crippen molar-refractivity contribution in [2.45, 2.75) is 33.7 Å². The zero-order valence-electron chi connectivity index (χ0n) is 10.5. The number of carboxylic acid groups (broad SMARTS) is 1. The SMILES string of the molecule is CCO[Si](CC(C)C(=O)O)(OCC)OCC. The first-order chi connectivity index (χ1) is 7.51. The number of carbonyl (C=O) groups is 1. The van der Waals surface area contributed by atoms with E-state index in [-0.39, 0.29) is 0 Å². The second-order valence-electron chi connectivity index (χ2n) is 3.43. The zero-order valence-corrected chi connectivity index (χ0v) is 11.5. The lowest BCUT2D eigenvalue weighted by Gasteiger charge is -2.29. The molecule has 0 saturated carbocycles. The molecule has 1 N–H and O–H groups in total. The van der Waals surface area contributed by atoms with E-state index in [0.29, 0.717) is 25.9 Å². The minimum Gasteiger partial charge on any atom is -0.481 e. The molecule has 0 aromatic heterocycles. The summed E-state index contributed by atoms with van der Waals surface area (Å²) < 4.78 is 16.7. The van der Waals surface area contributed by atoms with Crippen LogP contribution < -0.4 is 0 Å². The van der Waals surface area contributed by atoms with Gasteiger partial charge < -0.3 is 18.4 Å². The summed E-state index contributed by atoms with van der Waals surface area (Å²) in [5, 5.41) is 8.91. The van der Waals surface area contributed by atoms with Crippen LogP contribution in [0.3, 0.4) is 0 Å². The summed E-state index contributed by atoms with van der Waals surface area (Å²) in [6.07, 6.45) is 0. The number of carboxylic acids is 1. The Bertz CT molecular complexity index is 192. The molecule has 0 saturated heterocycles. The van der Waals surface area contributed by atoms with Gasteiger partial charge in [-0.1, -0.05) is 6.92 Å². The van der Waals surface area contributed by atoms with Gasteiger partial charge in [-0.05, 0) is 20.8 Å². The molecule has 0 amide bonds. The smallest absolute Gasteiger partial charge is 0.481 e. The van der Waals surface area contributed by atoms with Gasteiger partial charge in [0.2, 0.25) is 0 Å². The Morgan fingerprint density at radius 3 is 1.75 bits per heavy atom. The molecule has 96 valence electrons. The van der Waals surface area contributed by atoms with Crippen LogP contribution in [0.1, 0.15) is 27.7 Å². The largest absolute Gasteiger partial charge is 0.501 e.